The highest BCUT2D eigenvalue weighted by molar-refractivity contribution is 6.47. The van der Waals surface area contributed by atoms with Gasteiger partial charge in [-0.2, -0.15) is 13.2 Å². The predicted octanol–water partition coefficient (Wildman–Crippen LogP) is 3.80. The number of benzene rings is 1. The molecule has 1 aromatic carbocycles. The number of fused-ring (bicyclic) bond motifs is 1. The summed E-state index contributed by atoms with van der Waals surface area (Å²) in [5.41, 5.74) is -3.16. The molecule has 1 atom stereocenters. The van der Waals surface area contributed by atoms with E-state index in [2.05, 4.69) is 14.7 Å². The van der Waals surface area contributed by atoms with Gasteiger partial charge < -0.3 is 4.74 Å². The molecule has 0 N–H and O–H groups in total. The molecule has 0 radical (unpaired) electrons. The Kier molecular flexibility index (Phi) is 4.58. The highest BCUT2D eigenvalue weighted by Gasteiger charge is 2.65. The van der Waals surface area contributed by atoms with Gasteiger partial charge in [0.2, 0.25) is 0 Å². The fraction of sp³-hybridized carbons (Fsp3) is 0.188. The van der Waals surface area contributed by atoms with Crippen LogP contribution < -0.4 is 0 Å². The van der Waals surface area contributed by atoms with E-state index in [1.165, 1.54) is 29.3 Å². The number of rotatable bonds is 2. The maximum Gasteiger partial charge on any atom is 0.445 e. The summed E-state index contributed by atoms with van der Waals surface area (Å²) in [6, 6.07) is 7.99. The van der Waals surface area contributed by atoms with Crippen LogP contribution in [0.5, 0.6) is 0 Å². The highest BCUT2D eigenvalue weighted by atomic mass is 35.5. The van der Waals surface area contributed by atoms with E-state index in [1.807, 2.05) is 0 Å². The molecule has 1 aromatic rings. The SMILES string of the molecule is COC(=O)C1(C(F)(F)F)N=C2C(Cl)=CC(Cl)=CN2C(c2ccccc2)=N1. The minimum atomic E-state index is -5.15. The molecule has 0 aromatic heterocycles. The number of hydrogen-bond acceptors (Lipinski definition) is 5. The number of allylic oxidation sites excluding steroid dienone is 2. The van der Waals surface area contributed by atoms with E-state index in [0.717, 1.165) is 7.11 Å². The van der Waals surface area contributed by atoms with Crippen LogP contribution in [0.4, 0.5) is 13.2 Å². The van der Waals surface area contributed by atoms with E-state index in [0.29, 0.717) is 5.56 Å². The minimum Gasteiger partial charge on any atom is -0.465 e. The maximum absolute atomic E-state index is 13.8. The summed E-state index contributed by atoms with van der Waals surface area (Å²) < 4.78 is 45.9. The molecule has 0 bridgehead atoms. The number of carbonyl (C=O) groups excluding carboxylic acids is 1. The van der Waals surface area contributed by atoms with Crippen LogP contribution in [0.2, 0.25) is 0 Å². The van der Waals surface area contributed by atoms with Gasteiger partial charge in [0.05, 0.1) is 17.2 Å². The topological polar surface area (TPSA) is 54.3 Å². The number of halogens is 5. The van der Waals surface area contributed by atoms with Gasteiger partial charge in [-0.15, -0.1) is 0 Å². The number of aliphatic imine (C=N–C) groups is 2. The van der Waals surface area contributed by atoms with E-state index in [9.17, 15) is 18.0 Å². The zero-order valence-corrected chi connectivity index (χ0v) is 14.6. The van der Waals surface area contributed by atoms with E-state index in [-0.39, 0.29) is 21.7 Å². The zero-order chi connectivity index (χ0) is 19.1. The Bertz CT molecular complexity index is 878. The summed E-state index contributed by atoms with van der Waals surface area (Å²) in [6.07, 6.45) is -2.61. The molecule has 26 heavy (non-hydrogen) atoms. The van der Waals surface area contributed by atoms with Gasteiger partial charge in [-0.25, -0.2) is 14.8 Å². The summed E-state index contributed by atoms with van der Waals surface area (Å²) >= 11 is 12.0. The van der Waals surface area contributed by atoms with Gasteiger partial charge in [0.25, 0.3) is 0 Å². The number of ether oxygens (including phenoxy) is 1. The average Bonchev–Trinajstić information content (AvgIpc) is 2.60. The van der Waals surface area contributed by atoms with Gasteiger partial charge in [-0.3, -0.25) is 4.90 Å². The molecular formula is C16H10Cl2F3N3O2. The zero-order valence-electron chi connectivity index (χ0n) is 13.1. The minimum absolute atomic E-state index is 0.162. The molecule has 0 saturated heterocycles. The molecule has 0 amide bonds. The molecule has 0 aliphatic carbocycles. The second-order valence-corrected chi connectivity index (χ2v) is 6.12. The Balaban J connectivity index is 2.32. The van der Waals surface area contributed by atoms with Crippen molar-refractivity contribution in [2.75, 3.05) is 7.11 Å². The fourth-order valence-corrected chi connectivity index (χ4v) is 2.96. The average molecular weight is 404 g/mol. The molecule has 0 saturated carbocycles. The van der Waals surface area contributed by atoms with Crippen molar-refractivity contribution in [2.24, 2.45) is 9.98 Å². The summed E-state index contributed by atoms with van der Waals surface area (Å²) in [7, 11) is 0.829. The standard InChI is InChI=1S/C16H10Cl2F3N3O2/c1-26-14(25)15(16(19,20)21)22-12(9-5-3-2-4-6-9)24-8-10(17)7-11(18)13(24)23-15/h2-8H,1H3. The summed E-state index contributed by atoms with van der Waals surface area (Å²) in [5, 5.41) is -0.00600. The number of methoxy groups -OCH3 is 1. The van der Waals surface area contributed by atoms with E-state index in [4.69, 9.17) is 23.2 Å². The van der Waals surface area contributed by atoms with Gasteiger partial charge in [0, 0.05) is 11.8 Å². The van der Waals surface area contributed by atoms with Crippen LogP contribution in [-0.4, -0.2) is 41.5 Å². The van der Waals surface area contributed by atoms with Crippen molar-refractivity contribution in [3.8, 4) is 0 Å². The molecule has 2 aliphatic rings. The predicted molar refractivity (Wildman–Crippen MR) is 90.9 cm³/mol. The van der Waals surface area contributed by atoms with Crippen LogP contribution in [0.3, 0.4) is 0 Å². The molecule has 0 fully saturated rings. The number of hydrogen-bond donors (Lipinski definition) is 0. The van der Waals surface area contributed by atoms with Crippen molar-refractivity contribution in [3.05, 3.63) is 58.2 Å². The lowest BCUT2D eigenvalue weighted by molar-refractivity contribution is -0.202. The molecule has 3 rings (SSSR count). The van der Waals surface area contributed by atoms with Gasteiger partial charge in [0.15, 0.2) is 5.84 Å². The van der Waals surface area contributed by atoms with Crippen LogP contribution in [0, 0.1) is 0 Å². The number of alkyl halides is 3. The maximum atomic E-state index is 13.8. The molecule has 2 aliphatic heterocycles. The first-order valence-corrected chi connectivity index (χ1v) is 7.89. The van der Waals surface area contributed by atoms with E-state index in [1.54, 1.807) is 18.2 Å². The molecule has 5 nitrogen and oxygen atoms in total. The summed E-state index contributed by atoms with van der Waals surface area (Å²) in [6.45, 7) is 0. The number of nitrogens with zero attached hydrogens (tertiary/aromatic N) is 3. The smallest absolute Gasteiger partial charge is 0.445 e. The number of amidine groups is 2. The Morgan fingerprint density at radius 1 is 1.15 bits per heavy atom. The van der Waals surface area contributed by atoms with Crippen molar-refractivity contribution in [1.82, 2.24) is 4.90 Å². The van der Waals surface area contributed by atoms with E-state index < -0.39 is 17.8 Å². The van der Waals surface area contributed by atoms with Crippen molar-refractivity contribution >= 4 is 40.8 Å². The molecule has 2 heterocycles. The first kappa shape index (κ1) is 18.5. The second kappa shape index (κ2) is 6.44. The third-order valence-electron chi connectivity index (χ3n) is 3.62. The lowest BCUT2D eigenvalue weighted by Crippen LogP contribution is -2.56. The lowest BCUT2D eigenvalue weighted by Gasteiger charge is -2.36. The fourth-order valence-electron chi connectivity index (χ4n) is 2.44. The van der Waals surface area contributed by atoms with Crippen LogP contribution in [0.1, 0.15) is 5.56 Å². The highest BCUT2D eigenvalue weighted by Crippen LogP contribution is 2.41. The normalized spacial score (nSPS) is 22.6. The first-order chi connectivity index (χ1) is 12.2. The second-order valence-electron chi connectivity index (χ2n) is 5.27. The molecule has 136 valence electrons. The number of carbonyl (C=O) groups is 1. The van der Waals surface area contributed by atoms with Gasteiger partial charge in [-0.1, -0.05) is 53.5 Å². The third-order valence-corrected chi connectivity index (χ3v) is 4.10. The van der Waals surface area contributed by atoms with E-state index >= 15 is 0 Å². The van der Waals surface area contributed by atoms with Crippen LogP contribution in [0.25, 0.3) is 0 Å². The van der Waals surface area contributed by atoms with Crippen LogP contribution in [0.15, 0.2) is 62.7 Å². The Morgan fingerprint density at radius 2 is 1.77 bits per heavy atom. The largest absolute Gasteiger partial charge is 0.465 e. The van der Waals surface area contributed by atoms with Gasteiger partial charge >= 0.3 is 17.8 Å². The first-order valence-electron chi connectivity index (χ1n) is 7.14. The Hall–Kier alpha value is -2.32. The van der Waals surface area contributed by atoms with Crippen molar-refractivity contribution in [2.45, 2.75) is 11.8 Å². The Labute approximate surface area is 156 Å². The summed E-state index contributed by atoms with van der Waals surface area (Å²) in [5.74, 6) is -2.17. The molecule has 10 heteroatoms. The number of esters is 1. The molecular weight excluding hydrogens is 394 g/mol. The lowest BCUT2D eigenvalue weighted by atomic mass is 10.1. The van der Waals surface area contributed by atoms with Crippen LogP contribution >= 0.6 is 23.2 Å². The monoisotopic (exact) mass is 403 g/mol. The quantitative estimate of drug-likeness (QED) is 0.705. The van der Waals surface area contributed by atoms with Crippen molar-refractivity contribution in [1.29, 1.82) is 0 Å². The Morgan fingerprint density at radius 3 is 2.35 bits per heavy atom. The van der Waals surface area contributed by atoms with Gasteiger partial charge in [0.1, 0.15) is 5.84 Å². The van der Waals surface area contributed by atoms with Crippen LogP contribution in [-0.2, 0) is 9.53 Å². The molecule has 1 unspecified atom stereocenters. The van der Waals surface area contributed by atoms with Crippen molar-refractivity contribution < 1.29 is 22.7 Å². The molecule has 0 spiro atoms. The van der Waals surface area contributed by atoms with Crippen molar-refractivity contribution in [3.63, 3.8) is 0 Å². The third kappa shape index (κ3) is 2.89. The summed E-state index contributed by atoms with van der Waals surface area (Å²) in [4.78, 5) is 20.4. The van der Waals surface area contributed by atoms with Gasteiger partial charge in [-0.05, 0) is 6.08 Å².